The van der Waals surface area contributed by atoms with Gasteiger partial charge >= 0.3 is 0 Å². The Bertz CT molecular complexity index is 754. The van der Waals surface area contributed by atoms with Crippen molar-refractivity contribution in [1.29, 1.82) is 0 Å². The minimum absolute atomic E-state index is 0.135. The Morgan fingerprint density at radius 3 is 2.69 bits per heavy atom. The highest BCUT2D eigenvalue weighted by molar-refractivity contribution is 5.93. The molecule has 0 aliphatic carbocycles. The fraction of sp³-hybridized carbons (Fsp3) is 0.524. The van der Waals surface area contributed by atoms with Gasteiger partial charge in [-0.25, -0.2) is 0 Å². The van der Waals surface area contributed by atoms with Gasteiger partial charge in [-0.05, 0) is 38.2 Å². The summed E-state index contributed by atoms with van der Waals surface area (Å²) < 4.78 is 1.86. The molecule has 5 rings (SSSR count). The molecule has 2 aromatic rings. The molecule has 0 spiro atoms. The van der Waals surface area contributed by atoms with Gasteiger partial charge in [0.15, 0.2) is 0 Å². The summed E-state index contributed by atoms with van der Waals surface area (Å²) in [5.74, 6) is 0.705. The van der Waals surface area contributed by atoms with Crippen molar-refractivity contribution in [3.63, 3.8) is 0 Å². The van der Waals surface area contributed by atoms with Gasteiger partial charge in [-0.1, -0.05) is 30.3 Å². The van der Waals surface area contributed by atoms with Crippen LogP contribution in [0, 0.1) is 5.92 Å². The predicted molar refractivity (Wildman–Crippen MR) is 102 cm³/mol. The van der Waals surface area contributed by atoms with Gasteiger partial charge in [-0.15, -0.1) is 0 Å². The molecular formula is C21H28N4O. The predicted octanol–water partition coefficient (Wildman–Crippen LogP) is 3.20. The number of hydrogen-bond acceptors (Lipinski definition) is 3. The third kappa shape index (κ3) is 3.54. The Kier molecular flexibility index (Phi) is 4.81. The second kappa shape index (κ2) is 7.23. The molecule has 1 amide bonds. The van der Waals surface area contributed by atoms with E-state index in [-0.39, 0.29) is 11.9 Å². The van der Waals surface area contributed by atoms with Crippen LogP contribution in [0.5, 0.6) is 0 Å². The maximum atomic E-state index is 13.0. The normalized spacial score (nSPS) is 23.4. The third-order valence-corrected chi connectivity index (χ3v) is 5.72. The van der Waals surface area contributed by atoms with Crippen LogP contribution in [0.15, 0.2) is 42.7 Å². The molecule has 5 heteroatoms. The van der Waals surface area contributed by atoms with E-state index in [4.69, 9.17) is 0 Å². The number of benzene rings is 1. The molecule has 1 aromatic heterocycles. The largest absolute Gasteiger partial charge is 0.337 e. The van der Waals surface area contributed by atoms with Gasteiger partial charge in [-0.2, -0.15) is 5.10 Å². The summed E-state index contributed by atoms with van der Waals surface area (Å²) in [6, 6.07) is 11.4. The molecule has 0 saturated carbocycles. The van der Waals surface area contributed by atoms with Crippen molar-refractivity contribution in [2.45, 2.75) is 45.3 Å². The van der Waals surface area contributed by atoms with E-state index in [1.54, 1.807) is 6.20 Å². The van der Waals surface area contributed by atoms with Gasteiger partial charge in [-0.3, -0.25) is 14.4 Å². The van der Waals surface area contributed by atoms with Gasteiger partial charge < -0.3 is 4.90 Å². The van der Waals surface area contributed by atoms with E-state index in [2.05, 4.69) is 59.1 Å². The molecule has 3 fully saturated rings. The minimum atomic E-state index is 0.135. The molecule has 26 heavy (non-hydrogen) atoms. The molecule has 3 aliphatic heterocycles. The summed E-state index contributed by atoms with van der Waals surface area (Å²) in [6.45, 7) is 7.93. The summed E-state index contributed by atoms with van der Waals surface area (Å²) in [6.07, 6.45) is 6.02. The van der Waals surface area contributed by atoms with Crippen LogP contribution in [-0.4, -0.2) is 51.2 Å². The van der Waals surface area contributed by atoms with Crippen LogP contribution in [0.3, 0.4) is 0 Å². The third-order valence-electron chi connectivity index (χ3n) is 5.72. The molecule has 0 unspecified atom stereocenters. The molecule has 2 atom stereocenters. The fourth-order valence-corrected chi connectivity index (χ4v) is 4.27. The number of carbonyl (C=O) groups is 1. The highest BCUT2D eigenvalue weighted by Crippen LogP contribution is 2.30. The van der Waals surface area contributed by atoms with Crippen LogP contribution in [0.4, 0.5) is 0 Å². The zero-order valence-electron chi connectivity index (χ0n) is 15.7. The smallest absolute Gasteiger partial charge is 0.257 e. The van der Waals surface area contributed by atoms with Gasteiger partial charge in [0.2, 0.25) is 0 Å². The van der Waals surface area contributed by atoms with E-state index in [0.29, 0.717) is 12.0 Å². The van der Waals surface area contributed by atoms with Gasteiger partial charge in [0.25, 0.3) is 5.91 Å². The minimum Gasteiger partial charge on any atom is -0.337 e. The van der Waals surface area contributed by atoms with E-state index in [0.717, 1.165) is 31.7 Å². The van der Waals surface area contributed by atoms with E-state index in [9.17, 15) is 4.79 Å². The molecular weight excluding hydrogens is 324 g/mol. The lowest BCUT2D eigenvalue weighted by atomic mass is 9.94. The molecule has 138 valence electrons. The van der Waals surface area contributed by atoms with Gasteiger partial charge in [0.05, 0.1) is 11.8 Å². The van der Waals surface area contributed by atoms with Gasteiger partial charge in [0, 0.05) is 44.5 Å². The quantitative estimate of drug-likeness (QED) is 0.848. The Balaban J connectivity index is 1.47. The second-order valence-electron chi connectivity index (χ2n) is 8.03. The fourth-order valence-electron chi connectivity index (χ4n) is 4.27. The monoisotopic (exact) mass is 352 g/mol. The Hall–Kier alpha value is -2.14. The molecule has 5 nitrogen and oxygen atoms in total. The lowest BCUT2D eigenvalue weighted by Gasteiger charge is -2.36. The Labute approximate surface area is 155 Å². The first-order valence-electron chi connectivity index (χ1n) is 9.71. The van der Waals surface area contributed by atoms with Crippen molar-refractivity contribution in [2.75, 3.05) is 19.6 Å². The van der Waals surface area contributed by atoms with Crippen LogP contribution in [0.2, 0.25) is 0 Å². The number of hydrogen-bond donors (Lipinski definition) is 0. The standard InChI is InChI=1S/C21H28N4O/c1-16(2)25-14-19(10-22-25)21(26)24-13-18-8-9-20(15-24)23(12-18)11-17-6-4-3-5-7-17/h3-7,10,14,16,18,20H,8-9,11-13,15H2,1-2H3/t18-,20-/m0/s1. The Morgan fingerprint density at radius 2 is 1.96 bits per heavy atom. The van der Waals surface area contributed by atoms with Crippen LogP contribution in [0.25, 0.3) is 0 Å². The molecule has 3 saturated heterocycles. The van der Waals surface area contributed by atoms with Crippen LogP contribution in [-0.2, 0) is 6.54 Å². The van der Waals surface area contributed by atoms with E-state index >= 15 is 0 Å². The van der Waals surface area contributed by atoms with Crippen LogP contribution >= 0.6 is 0 Å². The molecule has 1 aromatic carbocycles. The highest BCUT2D eigenvalue weighted by atomic mass is 16.2. The van der Waals surface area contributed by atoms with Crippen molar-refractivity contribution in [3.8, 4) is 0 Å². The maximum absolute atomic E-state index is 13.0. The summed E-state index contributed by atoms with van der Waals surface area (Å²) in [5, 5.41) is 4.34. The summed E-state index contributed by atoms with van der Waals surface area (Å²) in [7, 11) is 0. The summed E-state index contributed by atoms with van der Waals surface area (Å²) >= 11 is 0. The van der Waals surface area contributed by atoms with E-state index in [1.807, 2.05) is 10.9 Å². The lowest BCUT2D eigenvalue weighted by Crippen LogP contribution is -2.43. The number of rotatable bonds is 4. The van der Waals surface area contributed by atoms with E-state index < -0.39 is 0 Å². The number of fused-ring (bicyclic) bond motifs is 4. The van der Waals surface area contributed by atoms with Crippen molar-refractivity contribution in [2.24, 2.45) is 5.92 Å². The molecule has 4 heterocycles. The maximum Gasteiger partial charge on any atom is 0.257 e. The first-order chi connectivity index (χ1) is 12.6. The number of aromatic nitrogens is 2. The average molecular weight is 352 g/mol. The molecule has 2 bridgehead atoms. The topological polar surface area (TPSA) is 41.4 Å². The molecule has 0 radical (unpaired) electrons. The summed E-state index contributed by atoms with van der Waals surface area (Å²) in [4.78, 5) is 17.7. The highest BCUT2D eigenvalue weighted by Gasteiger charge is 2.36. The van der Waals surface area contributed by atoms with Crippen LogP contribution in [0.1, 0.15) is 48.7 Å². The zero-order valence-corrected chi connectivity index (χ0v) is 15.7. The van der Waals surface area contributed by atoms with Crippen molar-refractivity contribution in [1.82, 2.24) is 19.6 Å². The number of nitrogens with zero attached hydrogens (tertiary/aromatic N) is 4. The van der Waals surface area contributed by atoms with Crippen molar-refractivity contribution >= 4 is 5.91 Å². The van der Waals surface area contributed by atoms with E-state index in [1.165, 1.54) is 18.4 Å². The first-order valence-corrected chi connectivity index (χ1v) is 9.71. The van der Waals surface area contributed by atoms with Crippen LogP contribution < -0.4 is 0 Å². The molecule has 0 N–H and O–H groups in total. The van der Waals surface area contributed by atoms with Crippen molar-refractivity contribution < 1.29 is 4.79 Å². The second-order valence-corrected chi connectivity index (χ2v) is 8.03. The Morgan fingerprint density at radius 1 is 1.15 bits per heavy atom. The SMILES string of the molecule is CC(C)n1cc(C(=O)N2C[C@H]3CC[C@@H](C2)N(Cc2ccccc2)C3)cn1. The molecule has 3 aliphatic rings. The zero-order chi connectivity index (χ0) is 18.1. The number of carbonyl (C=O) groups excluding carboxylic acids is 1. The first kappa shape index (κ1) is 17.3. The number of amides is 1. The number of piperidine rings is 1. The average Bonchev–Trinajstić information content (AvgIpc) is 2.97. The summed E-state index contributed by atoms with van der Waals surface area (Å²) in [5.41, 5.74) is 2.07. The van der Waals surface area contributed by atoms with Crippen molar-refractivity contribution in [3.05, 3.63) is 53.9 Å². The van der Waals surface area contributed by atoms with Gasteiger partial charge in [0.1, 0.15) is 0 Å². The lowest BCUT2D eigenvalue weighted by molar-refractivity contribution is 0.0736.